The lowest BCUT2D eigenvalue weighted by Gasteiger charge is -2.12. The predicted molar refractivity (Wildman–Crippen MR) is 136 cm³/mol. The van der Waals surface area contributed by atoms with Crippen LogP contribution in [0.3, 0.4) is 0 Å². The van der Waals surface area contributed by atoms with Crippen LogP contribution in [0.25, 0.3) is 0 Å². The van der Waals surface area contributed by atoms with E-state index in [1.54, 1.807) is 0 Å². The van der Waals surface area contributed by atoms with Crippen molar-refractivity contribution in [3.05, 3.63) is 0 Å². The Morgan fingerprint density at radius 3 is 0.966 bits per heavy atom. The lowest BCUT2D eigenvalue weighted by atomic mass is 9.94. The van der Waals surface area contributed by atoms with Crippen molar-refractivity contribution in [2.24, 2.45) is 11.8 Å². The van der Waals surface area contributed by atoms with Gasteiger partial charge in [-0.2, -0.15) is 0 Å². The van der Waals surface area contributed by atoms with Crippen molar-refractivity contribution < 1.29 is 0 Å². The molecule has 0 radical (unpaired) electrons. The fourth-order valence-electron chi connectivity index (χ4n) is 4.55. The molecule has 0 nitrogen and oxygen atoms in total. The van der Waals surface area contributed by atoms with Gasteiger partial charge in [0.05, 0.1) is 0 Å². The van der Waals surface area contributed by atoms with Gasteiger partial charge >= 0.3 is 0 Å². The van der Waals surface area contributed by atoms with Crippen LogP contribution in [0.5, 0.6) is 0 Å². The zero-order chi connectivity index (χ0) is 21.4. The molecule has 0 saturated carbocycles. The number of rotatable bonds is 24. The van der Waals surface area contributed by atoms with Gasteiger partial charge in [-0.25, -0.2) is 0 Å². The lowest BCUT2D eigenvalue weighted by molar-refractivity contribution is 0.418. The summed E-state index contributed by atoms with van der Waals surface area (Å²) in [6.45, 7) is 9.52. The maximum Gasteiger partial charge on any atom is -0.0443 e. The van der Waals surface area contributed by atoms with Crippen molar-refractivity contribution in [2.45, 2.75) is 175 Å². The molecule has 0 aromatic rings. The molecule has 29 heavy (non-hydrogen) atoms. The van der Waals surface area contributed by atoms with Gasteiger partial charge in [0.2, 0.25) is 0 Å². The third kappa shape index (κ3) is 24.1. The zero-order valence-corrected chi connectivity index (χ0v) is 21.4. The summed E-state index contributed by atoms with van der Waals surface area (Å²) >= 11 is 0. The van der Waals surface area contributed by atoms with Gasteiger partial charge in [-0.05, 0) is 11.8 Å². The largest absolute Gasteiger partial charge is 0.0654 e. The van der Waals surface area contributed by atoms with Gasteiger partial charge in [0.25, 0.3) is 0 Å². The highest BCUT2D eigenvalue weighted by molar-refractivity contribution is 4.57. The summed E-state index contributed by atoms with van der Waals surface area (Å²) in [6, 6.07) is 0. The summed E-state index contributed by atoms with van der Waals surface area (Å²) in [7, 11) is 0. The summed E-state index contributed by atoms with van der Waals surface area (Å²) in [5, 5.41) is 0. The molecule has 0 heterocycles. The molecule has 2 unspecified atom stereocenters. The molecule has 0 aliphatic rings. The van der Waals surface area contributed by atoms with Crippen molar-refractivity contribution in [1.82, 2.24) is 0 Å². The highest BCUT2D eigenvalue weighted by Crippen LogP contribution is 2.20. The molecule has 176 valence electrons. The van der Waals surface area contributed by atoms with E-state index < -0.39 is 0 Å². The minimum atomic E-state index is 0.942. The minimum absolute atomic E-state index is 0.942. The van der Waals surface area contributed by atoms with Crippen LogP contribution in [-0.2, 0) is 0 Å². The van der Waals surface area contributed by atoms with Crippen LogP contribution in [0, 0.1) is 11.8 Å². The summed E-state index contributed by atoms with van der Waals surface area (Å²) in [5.41, 5.74) is 0. The third-order valence-electron chi connectivity index (χ3n) is 7.14. The molecular formula is C29H60. The first-order valence-corrected chi connectivity index (χ1v) is 14.2. The second kappa shape index (κ2) is 24.3. The Bertz CT molecular complexity index is 282. The van der Waals surface area contributed by atoms with E-state index in [9.17, 15) is 0 Å². The van der Waals surface area contributed by atoms with Crippen LogP contribution >= 0.6 is 0 Å². The van der Waals surface area contributed by atoms with E-state index in [1.165, 1.54) is 148 Å². The van der Waals surface area contributed by atoms with E-state index in [-0.39, 0.29) is 0 Å². The van der Waals surface area contributed by atoms with Crippen molar-refractivity contribution >= 4 is 0 Å². The molecule has 0 aromatic heterocycles. The number of unbranched alkanes of at least 4 members (excludes halogenated alkanes) is 17. The topological polar surface area (TPSA) is 0 Å². The highest BCUT2D eigenvalue weighted by atomic mass is 14.1. The van der Waals surface area contributed by atoms with Gasteiger partial charge in [0, 0.05) is 0 Å². The average molecular weight is 409 g/mol. The molecule has 0 heteroatoms. The molecule has 0 rings (SSSR count). The Kier molecular flexibility index (Phi) is 24.3. The standard InChI is InChI=1S/C29H60/c1-5-7-8-9-10-11-12-13-14-15-16-17-18-19-20-22-26-29(4)27-24-21-23-25-28(3)6-2/h28-29H,5-27H2,1-4H3. The Labute approximate surface area is 187 Å². The van der Waals surface area contributed by atoms with Gasteiger partial charge in [0.15, 0.2) is 0 Å². The fourth-order valence-corrected chi connectivity index (χ4v) is 4.55. The smallest absolute Gasteiger partial charge is 0.0443 e. The van der Waals surface area contributed by atoms with Crippen molar-refractivity contribution in [2.75, 3.05) is 0 Å². The maximum atomic E-state index is 2.49. The van der Waals surface area contributed by atoms with Crippen LogP contribution in [-0.4, -0.2) is 0 Å². The molecule has 0 amide bonds. The van der Waals surface area contributed by atoms with Gasteiger partial charge in [-0.3, -0.25) is 0 Å². The van der Waals surface area contributed by atoms with E-state index in [4.69, 9.17) is 0 Å². The molecule has 0 aliphatic heterocycles. The van der Waals surface area contributed by atoms with Gasteiger partial charge in [-0.1, -0.05) is 175 Å². The molecule has 0 spiro atoms. The lowest BCUT2D eigenvalue weighted by Crippen LogP contribution is -1.96. The minimum Gasteiger partial charge on any atom is -0.0654 e. The molecule has 0 aliphatic carbocycles. The second-order valence-corrected chi connectivity index (χ2v) is 10.3. The van der Waals surface area contributed by atoms with E-state index in [2.05, 4.69) is 27.7 Å². The zero-order valence-electron chi connectivity index (χ0n) is 21.4. The van der Waals surface area contributed by atoms with E-state index in [0.29, 0.717) is 0 Å². The summed E-state index contributed by atoms with van der Waals surface area (Å²) in [6.07, 6.45) is 33.7. The molecule has 0 aromatic carbocycles. The first kappa shape index (κ1) is 29.0. The fraction of sp³-hybridized carbons (Fsp3) is 1.00. The van der Waals surface area contributed by atoms with Crippen LogP contribution in [0.15, 0.2) is 0 Å². The van der Waals surface area contributed by atoms with Gasteiger partial charge in [-0.15, -0.1) is 0 Å². The van der Waals surface area contributed by atoms with Crippen LogP contribution in [0.1, 0.15) is 175 Å². The monoisotopic (exact) mass is 408 g/mol. The SMILES string of the molecule is CCCCCCCCCCCCCCCCCCC(C)CCCCCC(C)CC. The first-order valence-electron chi connectivity index (χ1n) is 14.2. The highest BCUT2D eigenvalue weighted by Gasteiger charge is 2.03. The Hall–Kier alpha value is 0. The van der Waals surface area contributed by atoms with E-state index in [1.807, 2.05) is 0 Å². The van der Waals surface area contributed by atoms with E-state index >= 15 is 0 Å². The van der Waals surface area contributed by atoms with Crippen molar-refractivity contribution in [1.29, 1.82) is 0 Å². The average Bonchev–Trinajstić information content (AvgIpc) is 2.73. The summed E-state index contributed by atoms with van der Waals surface area (Å²) in [5.74, 6) is 1.91. The second-order valence-electron chi connectivity index (χ2n) is 10.3. The van der Waals surface area contributed by atoms with Crippen molar-refractivity contribution in [3.8, 4) is 0 Å². The normalized spacial score (nSPS) is 13.7. The molecule has 0 fully saturated rings. The Morgan fingerprint density at radius 1 is 0.345 bits per heavy atom. The molecule has 2 atom stereocenters. The molecular weight excluding hydrogens is 348 g/mol. The number of hydrogen-bond acceptors (Lipinski definition) is 0. The van der Waals surface area contributed by atoms with Crippen LogP contribution < -0.4 is 0 Å². The first-order chi connectivity index (χ1) is 14.2. The van der Waals surface area contributed by atoms with Crippen LogP contribution in [0.2, 0.25) is 0 Å². The maximum absolute atomic E-state index is 2.49. The third-order valence-corrected chi connectivity index (χ3v) is 7.14. The molecule has 0 bridgehead atoms. The number of hydrogen-bond donors (Lipinski definition) is 0. The quantitative estimate of drug-likeness (QED) is 0.139. The van der Waals surface area contributed by atoms with Crippen LogP contribution in [0.4, 0.5) is 0 Å². The summed E-state index contributed by atoms with van der Waals surface area (Å²) in [4.78, 5) is 0. The Morgan fingerprint density at radius 2 is 0.621 bits per heavy atom. The molecule has 0 saturated heterocycles. The Balaban J connectivity index is 3.14. The van der Waals surface area contributed by atoms with E-state index in [0.717, 1.165) is 11.8 Å². The van der Waals surface area contributed by atoms with Crippen molar-refractivity contribution in [3.63, 3.8) is 0 Å². The predicted octanol–water partition coefficient (Wildman–Crippen LogP) is 11.3. The molecule has 0 N–H and O–H groups in total. The van der Waals surface area contributed by atoms with Gasteiger partial charge < -0.3 is 0 Å². The van der Waals surface area contributed by atoms with Gasteiger partial charge in [0.1, 0.15) is 0 Å². The summed E-state index contributed by atoms with van der Waals surface area (Å²) < 4.78 is 0.